The molecular formula is C21H22N2O5. The predicted octanol–water partition coefficient (Wildman–Crippen LogP) is 2.60. The van der Waals surface area contributed by atoms with E-state index < -0.39 is 12.0 Å². The molecule has 2 amide bonds. The van der Waals surface area contributed by atoms with Crippen LogP contribution in [0.1, 0.15) is 35.7 Å². The van der Waals surface area contributed by atoms with Gasteiger partial charge in [0, 0.05) is 6.54 Å². The van der Waals surface area contributed by atoms with Gasteiger partial charge in [-0.2, -0.15) is 0 Å². The van der Waals surface area contributed by atoms with Crippen LogP contribution in [0.3, 0.4) is 0 Å². The van der Waals surface area contributed by atoms with Crippen LogP contribution in [0.15, 0.2) is 48.5 Å². The van der Waals surface area contributed by atoms with Crippen molar-refractivity contribution >= 4 is 23.5 Å². The number of amides is 2. The first-order valence-electron chi connectivity index (χ1n) is 9.15. The molecule has 1 saturated heterocycles. The van der Waals surface area contributed by atoms with Gasteiger partial charge in [-0.15, -0.1) is 0 Å². The number of hydrogen-bond donors (Lipinski definition) is 2. The van der Waals surface area contributed by atoms with Crippen molar-refractivity contribution < 1.29 is 24.2 Å². The normalized spacial score (nSPS) is 16.5. The summed E-state index contributed by atoms with van der Waals surface area (Å²) < 4.78 is 5.52. The molecule has 28 heavy (non-hydrogen) atoms. The lowest BCUT2D eigenvalue weighted by Gasteiger charge is -2.16. The van der Waals surface area contributed by atoms with Crippen molar-refractivity contribution in [3.05, 3.63) is 59.7 Å². The highest BCUT2D eigenvalue weighted by molar-refractivity contribution is 6.22. The third-order valence-corrected chi connectivity index (χ3v) is 4.47. The van der Waals surface area contributed by atoms with E-state index in [1.165, 1.54) is 17.0 Å². The minimum absolute atomic E-state index is 0.0835. The number of aromatic carboxylic acids is 1. The number of imide groups is 1. The molecule has 7 nitrogen and oxygen atoms in total. The molecule has 1 aliphatic heterocycles. The van der Waals surface area contributed by atoms with Crippen LogP contribution in [0.5, 0.6) is 5.75 Å². The lowest BCUT2D eigenvalue weighted by molar-refractivity contribution is -0.121. The summed E-state index contributed by atoms with van der Waals surface area (Å²) in [7, 11) is 0. The van der Waals surface area contributed by atoms with Crippen molar-refractivity contribution in [2.45, 2.75) is 32.4 Å². The Hall–Kier alpha value is -3.19. The lowest BCUT2D eigenvalue weighted by atomic mass is 10.1. The zero-order chi connectivity index (χ0) is 20.1. The van der Waals surface area contributed by atoms with Gasteiger partial charge in [-0.1, -0.05) is 19.1 Å². The Morgan fingerprint density at radius 1 is 1.14 bits per heavy atom. The van der Waals surface area contributed by atoms with Crippen molar-refractivity contribution in [2.24, 2.45) is 0 Å². The minimum atomic E-state index is -0.988. The molecule has 0 aromatic heterocycles. The Labute approximate surface area is 162 Å². The minimum Gasteiger partial charge on any atom is -0.494 e. The summed E-state index contributed by atoms with van der Waals surface area (Å²) >= 11 is 0. The summed E-state index contributed by atoms with van der Waals surface area (Å²) in [4.78, 5) is 37.1. The van der Waals surface area contributed by atoms with E-state index in [4.69, 9.17) is 9.84 Å². The molecule has 0 aliphatic carbocycles. The van der Waals surface area contributed by atoms with Crippen LogP contribution >= 0.6 is 0 Å². The van der Waals surface area contributed by atoms with Crippen LogP contribution in [0, 0.1) is 0 Å². The second-order valence-corrected chi connectivity index (χ2v) is 6.55. The van der Waals surface area contributed by atoms with E-state index in [0.29, 0.717) is 24.6 Å². The molecule has 0 spiro atoms. The molecule has 7 heteroatoms. The van der Waals surface area contributed by atoms with Crippen molar-refractivity contribution in [3.8, 4) is 5.75 Å². The number of anilines is 1. The number of nitrogens with zero attached hydrogens (tertiary/aromatic N) is 1. The fraction of sp³-hybridized carbons (Fsp3) is 0.286. The molecule has 1 aliphatic rings. The van der Waals surface area contributed by atoms with E-state index in [0.717, 1.165) is 12.0 Å². The van der Waals surface area contributed by atoms with Gasteiger partial charge in [-0.05, 0) is 48.4 Å². The molecule has 0 saturated carbocycles. The third-order valence-electron chi connectivity index (χ3n) is 4.47. The molecule has 1 unspecified atom stereocenters. The number of nitrogens with one attached hydrogen (secondary N) is 1. The molecule has 2 N–H and O–H groups in total. The van der Waals surface area contributed by atoms with Crippen LogP contribution in [0.4, 0.5) is 5.69 Å². The maximum absolute atomic E-state index is 12.7. The summed E-state index contributed by atoms with van der Waals surface area (Å²) in [6.45, 7) is 2.99. The fourth-order valence-electron chi connectivity index (χ4n) is 2.98. The topological polar surface area (TPSA) is 95.9 Å². The largest absolute Gasteiger partial charge is 0.494 e. The van der Waals surface area contributed by atoms with Crippen molar-refractivity contribution in [1.82, 2.24) is 5.32 Å². The van der Waals surface area contributed by atoms with Crippen LogP contribution in [0.25, 0.3) is 0 Å². The van der Waals surface area contributed by atoms with Crippen LogP contribution in [-0.2, 0) is 16.1 Å². The van der Waals surface area contributed by atoms with Crippen molar-refractivity contribution in [2.75, 3.05) is 11.5 Å². The lowest BCUT2D eigenvalue weighted by Crippen LogP contribution is -2.38. The van der Waals surface area contributed by atoms with E-state index in [-0.39, 0.29) is 23.8 Å². The molecule has 0 radical (unpaired) electrons. The standard InChI is InChI=1S/C21H22N2O5/c1-2-11-28-17-9-7-16(8-10-17)23-19(24)12-18(20(23)25)22-13-14-3-5-15(6-4-14)21(26)27/h3-10,18,22H,2,11-13H2,1H3,(H,26,27). The quantitative estimate of drug-likeness (QED) is 0.682. The first kappa shape index (κ1) is 19.6. The van der Waals surface area contributed by atoms with E-state index in [9.17, 15) is 14.4 Å². The number of rotatable bonds is 8. The van der Waals surface area contributed by atoms with Crippen molar-refractivity contribution in [3.63, 3.8) is 0 Å². The molecule has 1 atom stereocenters. The van der Waals surface area contributed by atoms with Gasteiger partial charge in [-0.25, -0.2) is 9.69 Å². The van der Waals surface area contributed by atoms with Gasteiger partial charge >= 0.3 is 5.97 Å². The van der Waals surface area contributed by atoms with Crippen molar-refractivity contribution in [1.29, 1.82) is 0 Å². The molecular weight excluding hydrogens is 360 g/mol. The first-order valence-corrected chi connectivity index (χ1v) is 9.15. The Morgan fingerprint density at radius 2 is 1.82 bits per heavy atom. The smallest absolute Gasteiger partial charge is 0.335 e. The number of carbonyl (C=O) groups excluding carboxylic acids is 2. The summed E-state index contributed by atoms with van der Waals surface area (Å²) in [5, 5.41) is 12.0. The fourth-order valence-corrected chi connectivity index (χ4v) is 2.98. The number of benzene rings is 2. The van der Waals surface area contributed by atoms with Crippen LogP contribution < -0.4 is 15.0 Å². The zero-order valence-corrected chi connectivity index (χ0v) is 15.6. The summed E-state index contributed by atoms with van der Waals surface area (Å²) in [6, 6.07) is 12.7. The van der Waals surface area contributed by atoms with E-state index >= 15 is 0 Å². The SMILES string of the molecule is CCCOc1ccc(N2C(=O)CC(NCc3ccc(C(=O)O)cc3)C2=O)cc1. The van der Waals surface area contributed by atoms with E-state index in [2.05, 4.69) is 5.32 Å². The molecule has 2 aromatic carbocycles. The average Bonchev–Trinajstić information content (AvgIpc) is 2.99. The third kappa shape index (κ3) is 4.37. The number of hydrogen-bond acceptors (Lipinski definition) is 5. The van der Waals surface area contributed by atoms with Gasteiger partial charge in [0.25, 0.3) is 5.91 Å². The van der Waals surface area contributed by atoms with Crippen LogP contribution in [0.2, 0.25) is 0 Å². The average molecular weight is 382 g/mol. The number of carboxylic acid groups (broad SMARTS) is 1. The van der Waals surface area contributed by atoms with Gasteiger partial charge in [0.15, 0.2) is 0 Å². The molecule has 1 fully saturated rings. The number of carboxylic acids is 1. The Morgan fingerprint density at radius 3 is 2.43 bits per heavy atom. The van der Waals surface area contributed by atoms with E-state index in [1.54, 1.807) is 36.4 Å². The first-order chi connectivity index (χ1) is 13.5. The number of ether oxygens (including phenoxy) is 1. The molecule has 0 bridgehead atoms. The van der Waals surface area contributed by atoms with Gasteiger partial charge in [0.05, 0.1) is 30.3 Å². The summed E-state index contributed by atoms with van der Waals surface area (Å²) in [6.07, 6.45) is 0.983. The van der Waals surface area contributed by atoms with Gasteiger partial charge in [-0.3, -0.25) is 9.59 Å². The maximum Gasteiger partial charge on any atom is 0.335 e. The second-order valence-electron chi connectivity index (χ2n) is 6.55. The summed E-state index contributed by atoms with van der Waals surface area (Å²) in [5.74, 6) is -0.845. The highest BCUT2D eigenvalue weighted by Gasteiger charge is 2.39. The highest BCUT2D eigenvalue weighted by Crippen LogP contribution is 2.25. The molecule has 146 valence electrons. The van der Waals surface area contributed by atoms with Gasteiger partial charge in [0.2, 0.25) is 5.91 Å². The zero-order valence-electron chi connectivity index (χ0n) is 15.6. The Kier molecular flexibility index (Phi) is 6.06. The van der Waals surface area contributed by atoms with Gasteiger partial charge in [0.1, 0.15) is 5.75 Å². The maximum atomic E-state index is 12.7. The molecule has 2 aromatic rings. The van der Waals surface area contributed by atoms with E-state index in [1.807, 2.05) is 6.92 Å². The number of carbonyl (C=O) groups is 3. The Balaban J connectivity index is 1.62. The second kappa shape index (κ2) is 8.67. The highest BCUT2D eigenvalue weighted by atomic mass is 16.5. The predicted molar refractivity (Wildman–Crippen MR) is 103 cm³/mol. The monoisotopic (exact) mass is 382 g/mol. The van der Waals surface area contributed by atoms with Crippen LogP contribution in [-0.4, -0.2) is 35.5 Å². The van der Waals surface area contributed by atoms with Gasteiger partial charge < -0.3 is 15.2 Å². The summed E-state index contributed by atoms with van der Waals surface area (Å²) in [5.41, 5.74) is 1.56. The molecule has 3 rings (SSSR count). The molecule has 1 heterocycles. The Bertz CT molecular complexity index is 861.